The molecule has 4 aliphatic heterocycles. The van der Waals surface area contributed by atoms with E-state index in [1.807, 2.05) is 6.07 Å². The Bertz CT molecular complexity index is 1070. The van der Waals surface area contributed by atoms with E-state index in [1.165, 1.54) is 37.3 Å². The van der Waals surface area contributed by atoms with Gasteiger partial charge >= 0.3 is 5.97 Å². The van der Waals surface area contributed by atoms with Crippen molar-refractivity contribution in [2.24, 2.45) is 11.0 Å². The molecule has 4 fully saturated rings. The Labute approximate surface area is 215 Å². The van der Waals surface area contributed by atoms with Crippen LogP contribution >= 0.6 is 0 Å². The number of carbonyl (C=O) groups is 1. The van der Waals surface area contributed by atoms with Crippen molar-refractivity contribution in [1.82, 2.24) is 0 Å². The van der Waals surface area contributed by atoms with E-state index < -0.39 is 5.41 Å². The van der Waals surface area contributed by atoms with E-state index in [1.54, 1.807) is 0 Å². The van der Waals surface area contributed by atoms with Crippen LogP contribution in [-0.4, -0.2) is 55.0 Å². The van der Waals surface area contributed by atoms with Crippen LogP contribution in [0.25, 0.3) is 0 Å². The van der Waals surface area contributed by atoms with E-state index in [0.717, 1.165) is 74.6 Å². The summed E-state index contributed by atoms with van der Waals surface area (Å²) in [6.07, 6.45) is 9.87. The number of nitrogens with zero attached hydrogens (tertiary/aromatic N) is 3. The molecule has 5 nitrogen and oxygen atoms in total. The number of hydrogen-bond acceptors (Lipinski definition) is 4. The highest BCUT2D eigenvalue weighted by molar-refractivity contribution is 5.89. The molecule has 0 radical (unpaired) electrons. The fourth-order valence-electron chi connectivity index (χ4n) is 7.32. The normalized spacial score (nSPS) is 29.4. The molecule has 2 bridgehead atoms. The summed E-state index contributed by atoms with van der Waals surface area (Å²) < 4.78 is 7.59. The van der Waals surface area contributed by atoms with Crippen molar-refractivity contribution >= 4 is 17.4 Å². The summed E-state index contributed by atoms with van der Waals surface area (Å²) in [7, 11) is 0. The van der Waals surface area contributed by atoms with Crippen LogP contribution in [0, 0.1) is 5.92 Å². The Balaban J connectivity index is 1.18. The number of para-hydroxylation sites is 1. The van der Waals surface area contributed by atoms with Crippen molar-refractivity contribution < 1.29 is 14.0 Å². The van der Waals surface area contributed by atoms with E-state index in [9.17, 15) is 4.79 Å². The fourth-order valence-corrected chi connectivity index (χ4v) is 7.32. The van der Waals surface area contributed by atoms with Gasteiger partial charge in [-0.1, -0.05) is 74.2 Å². The molecule has 2 aromatic carbocycles. The largest absolute Gasteiger partial charge is 0.455 e. The van der Waals surface area contributed by atoms with Gasteiger partial charge in [-0.15, -0.1) is 0 Å². The third-order valence-corrected chi connectivity index (χ3v) is 9.42. The van der Waals surface area contributed by atoms with Gasteiger partial charge < -0.3 is 9.22 Å². The average molecular weight is 487 g/mol. The van der Waals surface area contributed by atoms with Crippen LogP contribution in [0.5, 0.6) is 0 Å². The molecule has 190 valence electrons. The maximum absolute atomic E-state index is 14.0. The summed E-state index contributed by atoms with van der Waals surface area (Å²) in [6.45, 7) is 5.28. The summed E-state index contributed by atoms with van der Waals surface area (Å²) in [5.41, 5.74) is 3.16. The van der Waals surface area contributed by atoms with Gasteiger partial charge in [0.2, 0.25) is 0 Å². The summed E-state index contributed by atoms with van der Waals surface area (Å²) >= 11 is 0. The molecular formula is C31H40N3O2+. The lowest BCUT2D eigenvalue weighted by Gasteiger charge is -2.52. The summed E-state index contributed by atoms with van der Waals surface area (Å²) in [5, 5.41) is 7.16. The van der Waals surface area contributed by atoms with Crippen molar-refractivity contribution in [1.29, 1.82) is 0 Å². The number of fused-ring (bicyclic) bond motifs is 3. The first-order chi connectivity index (χ1) is 17.7. The minimum absolute atomic E-state index is 0.0380. The predicted molar refractivity (Wildman–Crippen MR) is 144 cm³/mol. The first-order valence-corrected chi connectivity index (χ1v) is 14.2. The molecule has 4 heterocycles. The van der Waals surface area contributed by atoms with Gasteiger partial charge in [-0.3, -0.25) is 9.80 Å². The Hall–Kier alpha value is -2.66. The summed E-state index contributed by atoms with van der Waals surface area (Å²) in [6, 6.07) is 21.0. The van der Waals surface area contributed by atoms with Gasteiger partial charge in [0.05, 0.1) is 29.9 Å². The van der Waals surface area contributed by atoms with Gasteiger partial charge in [0.25, 0.3) is 0 Å². The summed E-state index contributed by atoms with van der Waals surface area (Å²) in [5.74, 6) is 0.555. The number of anilines is 1. The second kappa shape index (κ2) is 10.0. The average Bonchev–Trinajstić information content (AvgIpc) is 3.23. The summed E-state index contributed by atoms with van der Waals surface area (Å²) in [4.78, 5) is 14.0. The van der Waals surface area contributed by atoms with Crippen molar-refractivity contribution in [2.45, 2.75) is 69.3 Å². The van der Waals surface area contributed by atoms with Crippen molar-refractivity contribution in [3.8, 4) is 0 Å². The zero-order valence-electron chi connectivity index (χ0n) is 21.5. The number of hydrazone groups is 1. The first-order valence-electron chi connectivity index (χ1n) is 14.2. The number of piperidine rings is 3. The highest BCUT2D eigenvalue weighted by atomic mass is 16.5. The number of hydrogen-bond donors (Lipinski definition) is 0. The predicted octanol–water partition coefficient (Wildman–Crippen LogP) is 5.70. The minimum atomic E-state index is -0.472. The monoisotopic (exact) mass is 486 g/mol. The Kier molecular flexibility index (Phi) is 6.59. The van der Waals surface area contributed by atoms with Gasteiger partial charge in [0, 0.05) is 31.7 Å². The topological polar surface area (TPSA) is 41.9 Å². The van der Waals surface area contributed by atoms with Gasteiger partial charge in [-0.25, -0.2) is 0 Å². The van der Waals surface area contributed by atoms with Crippen LogP contribution in [-0.2, 0) is 14.9 Å². The maximum atomic E-state index is 14.0. The highest BCUT2D eigenvalue weighted by Crippen LogP contribution is 2.42. The number of esters is 1. The second-order valence-electron chi connectivity index (χ2n) is 11.6. The molecule has 2 aromatic rings. The molecule has 0 aromatic heterocycles. The van der Waals surface area contributed by atoms with Crippen LogP contribution in [0.3, 0.4) is 0 Å². The van der Waals surface area contributed by atoms with Crippen molar-refractivity contribution in [3.05, 3.63) is 66.2 Å². The smallest absolute Gasteiger partial charge is 0.317 e. The van der Waals surface area contributed by atoms with Crippen molar-refractivity contribution in [2.75, 3.05) is 37.7 Å². The van der Waals surface area contributed by atoms with Gasteiger partial charge in [-0.05, 0) is 30.5 Å². The second-order valence-corrected chi connectivity index (χ2v) is 11.6. The molecule has 3 saturated heterocycles. The maximum Gasteiger partial charge on any atom is 0.317 e. The lowest BCUT2D eigenvalue weighted by Crippen LogP contribution is -2.66. The van der Waals surface area contributed by atoms with Crippen molar-refractivity contribution in [3.63, 3.8) is 0 Å². The third-order valence-electron chi connectivity index (χ3n) is 9.42. The molecule has 1 aliphatic carbocycles. The molecule has 1 atom stereocenters. The fraction of sp³-hybridized carbons (Fsp3) is 0.548. The van der Waals surface area contributed by atoms with Gasteiger partial charge in [0.1, 0.15) is 13.1 Å². The molecule has 36 heavy (non-hydrogen) atoms. The third kappa shape index (κ3) is 4.58. The molecule has 0 unspecified atom stereocenters. The Morgan fingerprint density at radius 3 is 2.31 bits per heavy atom. The van der Waals surface area contributed by atoms with Crippen LogP contribution in [0.2, 0.25) is 0 Å². The highest BCUT2D eigenvalue weighted by Gasteiger charge is 2.50. The SMILES string of the molecule is O=C(O[C@H]1C[N+]2(CC3=NN(c4ccccc4)CC3)CCC1CC2)C1(c2ccccc2)CCCCCC1. The zero-order valence-corrected chi connectivity index (χ0v) is 21.5. The van der Waals surface area contributed by atoms with Gasteiger partial charge in [0.15, 0.2) is 6.10 Å². The van der Waals surface area contributed by atoms with E-state index in [0.29, 0.717) is 5.92 Å². The quantitative estimate of drug-likeness (QED) is 0.299. The van der Waals surface area contributed by atoms with Crippen LogP contribution in [0.15, 0.2) is 65.8 Å². The lowest BCUT2D eigenvalue weighted by atomic mass is 9.74. The molecule has 5 aliphatic rings. The van der Waals surface area contributed by atoms with Crippen LogP contribution in [0.1, 0.15) is 63.4 Å². The molecule has 7 rings (SSSR count). The zero-order chi connectivity index (χ0) is 24.4. The molecule has 0 N–H and O–H groups in total. The molecule has 0 spiro atoms. The number of carbonyl (C=O) groups excluding carboxylic acids is 1. The standard InChI is InChI=1S/C31H40N3O2/c35-30(31(18-9-1-2-10-19-31)26-11-5-3-6-12-26)36-29-24-34(21-16-25(29)17-22-34)23-27-15-20-33(32-27)28-13-7-4-8-14-28/h3-8,11-14,25,29H,1-2,9-10,15-24H2/q+1/t25?,29-,34?/m0/s1. The molecule has 0 amide bonds. The van der Waals surface area contributed by atoms with Crippen LogP contribution in [0.4, 0.5) is 5.69 Å². The number of quaternary nitrogens is 1. The van der Waals surface area contributed by atoms with Gasteiger partial charge in [-0.2, -0.15) is 5.10 Å². The van der Waals surface area contributed by atoms with E-state index in [2.05, 4.69) is 59.6 Å². The number of ether oxygens (including phenoxy) is 1. The van der Waals surface area contributed by atoms with E-state index in [-0.39, 0.29) is 12.1 Å². The van der Waals surface area contributed by atoms with E-state index in [4.69, 9.17) is 9.84 Å². The first kappa shape index (κ1) is 23.7. The van der Waals surface area contributed by atoms with Crippen LogP contribution < -0.4 is 5.01 Å². The van der Waals surface area contributed by atoms with E-state index >= 15 is 0 Å². The molecule has 5 heteroatoms. The minimum Gasteiger partial charge on any atom is -0.455 e. The molecule has 1 saturated carbocycles. The Morgan fingerprint density at radius 1 is 0.944 bits per heavy atom. The lowest BCUT2D eigenvalue weighted by molar-refractivity contribution is -0.938. The number of rotatable bonds is 6. The Morgan fingerprint density at radius 2 is 1.61 bits per heavy atom. The molecular weight excluding hydrogens is 446 g/mol. The number of benzene rings is 2.